The summed E-state index contributed by atoms with van der Waals surface area (Å²) in [5, 5.41) is 4.66. The van der Waals surface area contributed by atoms with E-state index in [4.69, 9.17) is 65.5 Å². The fraction of sp³-hybridized carbons (Fsp3) is 0.417. The van der Waals surface area contributed by atoms with E-state index < -0.39 is 0 Å². The minimum absolute atomic E-state index is 0.127. The summed E-state index contributed by atoms with van der Waals surface area (Å²) in [6.07, 6.45) is 7.21. The number of benzene rings is 1. The van der Waals surface area contributed by atoms with Crippen LogP contribution >= 0.6 is 46.4 Å². The van der Waals surface area contributed by atoms with Crippen molar-refractivity contribution in [1.29, 1.82) is 0 Å². The van der Waals surface area contributed by atoms with Gasteiger partial charge in [0.15, 0.2) is 5.75 Å². The van der Waals surface area contributed by atoms with Crippen LogP contribution in [0.2, 0.25) is 10.0 Å². The molecule has 0 spiro atoms. The molecule has 1 heterocycles. The second kappa shape index (κ2) is 15.9. The second-order valence-corrected chi connectivity index (χ2v) is 9.43. The number of nitrogens with zero attached hydrogens (tertiary/aromatic N) is 2. The van der Waals surface area contributed by atoms with Crippen LogP contribution in [-0.4, -0.2) is 37.6 Å². The lowest BCUT2D eigenvalue weighted by molar-refractivity contribution is 0.119. The highest BCUT2D eigenvalue weighted by molar-refractivity contribution is 6.55. The molecule has 0 saturated carbocycles. The van der Waals surface area contributed by atoms with Gasteiger partial charge in [0.2, 0.25) is 5.88 Å². The molecule has 6 nitrogen and oxygen atoms in total. The van der Waals surface area contributed by atoms with E-state index in [1.54, 1.807) is 24.5 Å². The topological polar surface area (TPSA) is 62.2 Å². The van der Waals surface area contributed by atoms with Crippen molar-refractivity contribution in [2.45, 2.75) is 33.1 Å². The Bertz CT molecular complexity index is 910. The number of unbranched alkanes of at least 4 members (excludes halogenated alkanes) is 1. The zero-order valence-corrected chi connectivity index (χ0v) is 22.1. The maximum Gasteiger partial charge on any atom is 0.213 e. The van der Waals surface area contributed by atoms with E-state index >= 15 is 0 Å². The number of hydrogen-bond acceptors (Lipinski definition) is 6. The molecular formula is C24H28Cl4N2O4. The summed E-state index contributed by atoms with van der Waals surface area (Å²) in [5.41, 5.74) is 1.03. The van der Waals surface area contributed by atoms with Gasteiger partial charge in [0.05, 0.1) is 23.3 Å². The zero-order chi connectivity index (χ0) is 24.8. The molecule has 0 unspecified atom stereocenters. The molecule has 10 heteroatoms. The summed E-state index contributed by atoms with van der Waals surface area (Å²) in [6.45, 7) is 5.92. The summed E-state index contributed by atoms with van der Waals surface area (Å²) in [6, 6.07) is 7.05. The van der Waals surface area contributed by atoms with E-state index in [9.17, 15) is 0 Å². The largest absolute Gasteiger partial charge is 0.490 e. The number of ether oxygens (including phenoxy) is 3. The van der Waals surface area contributed by atoms with E-state index in [0.717, 1.165) is 18.4 Å². The highest BCUT2D eigenvalue weighted by Crippen LogP contribution is 2.37. The summed E-state index contributed by atoms with van der Waals surface area (Å²) >= 11 is 23.6. The van der Waals surface area contributed by atoms with Gasteiger partial charge in [0.1, 0.15) is 23.5 Å². The first-order valence-corrected chi connectivity index (χ1v) is 12.3. The molecule has 0 aliphatic heterocycles. The van der Waals surface area contributed by atoms with Crippen LogP contribution in [-0.2, 0) is 11.3 Å². The number of aromatic nitrogens is 1. The number of hydrogen-bond donors (Lipinski definition) is 0. The molecule has 2 aromatic rings. The summed E-state index contributed by atoms with van der Waals surface area (Å²) in [7, 11) is 0. The Morgan fingerprint density at radius 1 is 1.03 bits per heavy atom. The van der Waals surface area contributed by atoms with Crippen molar-refractivity contribution in [1.82, 2.24) is 4.98 Å². The van der Waals surface area contributed by atoms with Gasteiger partial charge < -0.3 is 19.0 Å². The number of rotatable bonds is 15. The van der Waals surface area contributed by atoms with Gasteiger partial charge in [0, 0.05) is 37.0 Å². The van der Waals surface area contributed by atoms with Gasteiger partial charge in [0.25, 0.3) is 0 Å². The molecule has 186 valence electrons. The summed E-state index contributed by atoms with van der Waals surface area (Å²) in [5.74, 6) is 1.93. The Kier molecular flexibility index (Phi) is 13.3. The maximum atomic E-state index is 6.26. The average Bonchev–Trinajstić information content (AvgIpc) is 2.78. The molecule has 0 atom stereocenters. The van der Waals surface area contributed by atoms with Crippen LogP contribution < -0.4 is 14.2 Å². The van der Waals surface area contributed by atoms with Gasteiger partial charge >= 0.3 is 0 Å². The van der Waals surface area contributed by atoms with Crippen LogP contribution in [0, 0.1) is 5.92 Å². The van der Waals surface area contributed by atoms with Crippen molar-refractivity contribution in [3.63, 3.8) is 0 Å². The van der Waals surface area contributed by atoms with Gasteiger partial charge in [-0.15, -0.1) is 0 Å². The lowest BCUT2D eigenvalue weighted by Gasteiger charge is -2.12. The lowest BCUT2D eigenvalue weighted by Crippen LogP contribution is -2.04. The maximum absolute atomic E-state index is 6.26. The van der Waals surface area contributed by atoms with Crippen LogP contribution in [0.25, 0.3) is 0 Å². The normalized spacial score (nSPS) is 11.0. The van der Waals surface area contributed by atoms with E-state index in [-0.39, 0.29) is 11.1 Å². The van der Waals surface area contributed by atoms with Gasteiger partial charge in [-0.1, -0.05) is 71.5 Å². The fourth-order valence-corrected chi connectivity index (χ4v) is 3.22. The Morgan fingerprint density at radius 2 is 1.74 bits per heavy atom. The molecule has 0 fully saturated rings. The first-order valence-electron chi connectivity index (χ1n) is 10.8. The van der Waals surface area contributed by atoms with Crippen molar-refractivity contribution in [2.24, 2.45) is 11.1 Å². The minimum Gasteiger partial charge on any atom is -0.490 e. The molecule has 0 aliphatic carbocycles. The van der Waals surface area contributed by atoms with Crippen LogP contribution in [0.4, 0.5) is 0 Å². The van der Waals surface area contributed by atoms with Gasteiger partial charge in [-0.2, -0.15) is 0 Å². The molecule has 0 amide bonds. The fourth-order valence-electron chi connectivity index (χ4n) is 2.52. The predicted molar refractivity (Wildman–Crippen MR) is 139 cm³/mol. The molecule has 1 aromatic heterocycles. The van der Waals surface area contributed by atoms with Crippen LogP contribution in [0.1, 0.15) is 32.3 Å². The zero-order valence-electron chi connectivity index (χ0n) is 19.1. The standard InChI is InChI=1S/C24H28Cl4N2O4/c1-17(2)16-34-30-9-7-18-5-6-23(29-15-18)32-10-3-4-11-33-24-20(25)13-19(14-21(24)26)31-12-8-22(27)28/h5-6,8-9,13-15,17H,3-4,7,10-12,16H2,1-2H3/b30-9+. The highest BCUT2D eigenvalue weighted by Gasteiger charge is 2.10. The Balaban J connectivity index is 1.65. The molecule has 1 aromatic carbocycles. The minimum atomic E-state index is 0.127. The molecule has 0 aliphatic rings. The molecule has 2 rings (SSSR count). The predicted octanol–water partition coefficient (Wildman–Crippen LogP) is 7.53. The molecule has 0 N–H and O–H groups in total. The molecule has 0 bridgehead atoms. The number of oxime groups is 1. The quantitative estimate of drug-likeness (QED) is 0.130. The van der Waals surface area contributed by atoms with Crippen molar-refractivity contribution in [3.8, 4) is 17.4 Å². The Hall–Kier alpha value is -1.86. The third kappa shape index (κ3) is 11.5. The Morgan fingerprint density at radius 3 is 2.35 bits per heavy atom. The van der Waals surface area contributed by atoms with Crippen molar-refractivity contribution < 1.29 is 19.0 Å². The van der Waals surface area contributed by atoms with Crippen LogP contribution in [0.3, 0.4) is 0 Å². The smallest absolute Gasteiger partial charge is 0.213 e. The molecule has 0 saturated heterocycles. The van der Waals surface area contributed by atoms with E-state index in [0.29, 0.717) is 59.6 Å². The number of halogens is 4. The van der Waals surface area contributed by atoms with Gasteiger partial charge in [-0.05, 0) is 30.4 Å². The van der Waals surface area contributed by atoms with E-state index in [2.05, 4.69) is 24.0 Å². The van der Waals surface area contributed by atoms with Gasteiger partial charge in [-0.3, -0.25) is 0 Å². The third-order valence-corrected chi connectivity index (χ3v) is 5.05. The summed E-state index contributed by atoms with van der Waals surface area (Å²) < 4.78 is 17.0. The highest BCUT2D eigenvalue weighted by atomic mass is 35.5. The molecule has 0 radical (unpaired) electrons. The van der Waals surface area contributed by atoms with E-state index in [1.807, 2.05) is 12.1 Å². The first-order chi connectivity index (χ1) is 16.3. The third-order valence-electron chi connectivity index (χ3n) is 4.18. The van der Waals surface area contributed by atoms with Crippen LogP contribution in [0.15, 0.2) is 46.2 Å². The molecule has 34 heavy (non-hydrogen) atoms. The van der Waals surface area contributed by atoms with E-state index in [1.165, 1.54) is 6.08 Å². The second-order valence-electron chi connectivity index (χ2n) is 7.61. The van der Waals surface area contributed by atoms with Crippen molar-refractivity contribution in [3.05, 3.63) is 56.6 Å². The van der Waals surface area contributed by atoms with Crippen molar-refractivity contribution in [2.75, 3.05) is 26.4 Å². The van der Waals surface area contributed by atoms with Crippen LogP contribution in [0.5, 0.6) is 17.4 Å². The Labute approximate surface area is 220 Å². The van der Waals surface area contributed by atoms with Gasteiger partial charge in [-0.25, -0.2) is 4.98 Å². The molecular weight excluding hydrogens is 522 g/mol. The summed E-state index contributed by atoms with van der Waals surface area (Å²) in [4.78, 5) is 9.49. The average molecular weight is 550 g/mol. The monoisotopic (exact) mass is 548 g/mol. The first kappa shape index (κ1) is 28.4. The number of pyridine rings is 1. The lowest BCUT2D eigenvalue weighted by atomic mass is 10.2. The SMILES string of the molecule is CC(C)CO/N=C/Cc1ccc(OCCCCOc2c(Cl)cc(OCC=C(Cl)Cl)cc2Cl)nc1. The van der Waals surface area contributed by atoms with Crippen molar-refractivity contribution >= 4 is 52.6 Å².